The van der Waals surface area contributed by atoms with Crippen LogP contribution in [0.4, 0.5) is 23.8 Å². The number of benzene rings is 4. The van der Waals surface area contributed by atoms with Gasteiger partial charge in [0.2, 0.25) is 63.9 Å². The van der Waals surface area contributed by atoms with Gasteiger partial charge in [-0.2, -0.15) is 0 Å². The summed E-state index contributed by atoms with van der Waals surface area (Å²) in [4.78, 5) is 66.2. The molecule has 758 valence electrons. The summed E-state index contributed by atoms with van der Waals surface area (Å²) in [5, 5.41) is 65.0. The third-order valence-electron chi connectivity index (χ3n) is 25.4. The Morgan fingerprint density at radius 3 is 0.770 bits per heavy atom. The maximum atomic E-state index is 12.9. The van der Waals surface area contributed by atoms with Gasteiger partial charge in [-0.05, 0) is 263 Å². The van der Waals surface area contributed by atoms with Crippen LogP contribution in [-0.2, 0) is 62.5 Å². The van der Waals surface area contributed by atoms with E-state index >= 15 is 0 Å². The van der Waals surface area contributed by atoms with Crippen molar-refractivity contribution >= 4 is 108 Å². The van der Waals surface area contributed by atoms with Crippen LogP contribution in [0.25, 0.3) is 88.6 Å². The zero-order valence-corrected chi connectivity index (χ0v) is 85.2. The number of imidazole rings is 4. The van der Waals surface area contributed by atoms with Crippen LogP contribution in [0, 0.1) is 55.4 Å². The molecule has 20 aromatic rings. The van der Waals surface area contributed by atoms with Gasteiger partial charge in [0.15, 0.2) is 22.4 Å². The smallest absolute Gasteiger partial charge is 0.237 e. The molecule has 148 heavy (non-hydrogen) atoms. The topological polar surface area (TPSA) is 588 Å². The minimum absolute atomic E-state index is 0.0326. The lowest BCUT2D eigenvalue weighted by Gasteiger charge is -2.28. The number of anilines is 4. The fourth-order valence-corrected chi connectivity index (χ4v) is 21.7. The molecule has 0 saturated heterocycles. The van der Waals surface area contributed by atoms with E-state index in [4.69, 9.17) is 18.1 Å². The summed E-state index contributed by atoms with van der Waals surface area (Å²) < 4.78 is 132. The monoisotopic (exact) mass is 2070 g/mol. The number of hydrogen-bond acceptors (Lipinski definition) is 32. The first-order valence-electron chi connectivity index (χ1n) is 47.0. The van der Waals surface area contributed by atoms with E-state index in [0.717, 1.165) is 28.7 Å². The molecule has 16 heterocycles. The average Bonchev–Trinajstić information content (AvgIpc) is 1.49. The van der Waals surface area contributed by atoms with Gasteiger partial charge in [-0.25, -0.2) is 53.6 Å². The van der Waals surface area contributed by atoms with Crippen molar-refractivity contribution in [3.05, 3.63) is 357 Å². The first-order chi connectivity index (χ1) is 70.8. The molecule has 0 unspecified atom stereocenters. The highest BCUT2D eigenvalue weighted by molar-refractivity contribution is 7.93. The van der Waals surface area contributed by atoms with Crippen molar-refractivity contribution in [1.82, 2.24) is 100 Å². The second-order valence-electron chi connectivity index (χ2n) is 35.7. The van der Waals surface area contributed by atoms with Gasteiger partial charge in [0.05, 0.1) is 134 Å². The lowest BCUT2D eigenvalue weighted by Crippen LogP contribution is -2.33. The third-order valence-corrected chi connectivity index (χ3v) is 31.7. The van der Waals surface area contributed by atoms with Gasteiger partial charge in [-0.15, -0.1) is 0 Å². The minimum atomic E-state index is -3.67. The Kier molecular flexibility index (Phi) is 28.1. The number of hydrogen-bond donors (Lipinski definition) is 12. The Hall–Kier alpha value is -16.4. The number of H-pyrrole nitrogens is 4. The van der Waals surface area contributed by atoms with Crippen molar-refractivity contribution in [2.24, 2.45) is 0 Å². The molecular formula is C104H102N24O16S4. The molecule has 4 aromatic carbocycles. The number of aromatic nitrogens is 20. The van der Waals surface area contributed by atoms with Gasteiger partial charge in [0, 0.05) is 94.1 Å². The van der Waals surface area contributed by atoms with Crippen LogP contribution >= 0.6 is 0 Å². The lowest BCUT2D eigenvalue weighted by atomic mass is 9.83. The molecule has 1 fully saturated rings. The molecule has 12 N–H and O–H groups in total. The molecule has 40 nitrogen and oxygen atoms in total. The molecule has 1 aliphatic rings. The van der Waals surface area contributed by atoms with Crippen molar-refractivity contribution in [1.29, 1.82) is 0 Å². The summed E-state index contributed by atoms with van der Waals surface area (Å²) in [5.74, 6) is 2.44. The number of pyridine rings is 8. The summed E-state index contributed by atoms with van der Waals surface area (Å²) in [6.07, 6.45) is 15.3. The van der Waals surface area contributed by atoms with Crippen molar-refractivity contribution in [3.8, 4) is 44.5 Å². The molecule has 0 amide bonds. The first kappa shape index (κ1) is 102. The molecule has 0 spiro atoms. The molecule has 0 atom stereocenters. The molecule has 1 saturated carbocycles. The first-order valence-corrected chi connectivity index (χ1v) is 53.4. The van der Waals surface area contributed by atoms with E-state index in [1.54, 1.807) is 255 Å². The predicted octanol–water partition coefficient (Wildman–Crippen LogP) is 16.0. The molecule has 1 aliphatic carbocycles. The van der Waals surface area contributed by atoms with E-state index in [9.17, 15) is 54.1 Å². The number of fused-ring (bicyclic) bond motifs is 4. The van der Waals surface area contributed by atoms with Gasteiger partial charge in [-0.1, -0.05) is 82.5 Å². The number of aryl methyl sites for hydroxylation is 8. The van der Waals surface area contributed by atoms with E-state index < -0.39 is 73.0 Å². The van der Waals surface area contributed by atoms with Crippen molar-refractivity contribution in [2.75, 3.05) is 30.4 Å². The summed E-state index contributed by atoms with van der Waals surface area (Å²) in [6.45, 7) is 21.0. The maximum absolute atomic E-state index is 12.9. The van der Waals surface area contributed by atoms with Crippen LogP contribution in [0.2, 0.25) is 0 Å². The standard InChI is InChI=1S/C27H26N6O4S.2C26H26N6O4S.C25H24N6O4S/c1-16-24(17(2)37-32-16)18-14-20(27(34,22-10-3-5-12-28-22)23-11-4-6-13-29-23)25-21(15-18)30-26(31-25)33-38(35,36)19-8-7-9-19;1-15(2)37(34,35)32-25-29-20-14-18(23-16(3)31-36-17(23)4)13-19(24(20)30-25)26(33,21-9-5-7-11-27-21)22-10-6-8-12-28-22;1-4-13-37(34,35)32-25-29-20-15-18(23-16(2)31-36-17(23)3)14-19(24(20)30-25)26(33,21-9-5-7-11-27-21)22-10-6-8-12-28-22;1-4-36(33,34)31-24-28-19-14-17(22-15(2)30-35-16(22)3)13-18(23(19)29-24)25(32,20-9-5-7-11-26-20)21-10-6-8-12-27-21/h3-6,10-15,19,34H,7-9H2,1-2H3,(H2,30,31,33);5-15,33H,1-4H3,(H2,29,30,32);5-12,14-15,33H,4,13H2,1-3H3,(H2,29,30,32);5-14,32H,4H2,1-3H3,(H2,28,29,31). The second-order valence-corrected chi connectivity index (χ2v) is 43.8. The van der Waals surface area contributed by atoms with Gasteiger partial charge in [-0.3, -0.25) is 58.8 Å². The fraction of sp³-hybridized carbons (Fsp3) is 0.231. The summed E-state index contributed by atoms with van der Waals surface area (Å²) >= 11 is 0. The van der Waals surface area contributed by atoms with Crippen LogP contribution < -0.4 is 18.9 Å². The number of aliphatic hydroxyl groups is 4. The van der Waals surface area contributed by atoms with Crippen LogP contribution in [0.15, 0.2) is 262 Å². The van der Waals surface area contributed by atoms with Crippen LogP contribution in [-0.4, -0.2) is 176 Å². The maximum Gasteiger partial charge on any atom is 0.237 e. The van der Waals surface area contributed by atoms with Crippen LogP contribution in [0.1, 0.15) is 167 Å². The second kappa shape index (κ2) is 40.9. The molecule has 0 bridgehead atoms. The molecule has 44 heteroatoms. The highest BCUT2D eigenvalue weighted by atomic mass is 32.2. The van der Waals surface area contributed by atoms with Crippen LogP contribution in [0.5, 0.6) is 0 Å². The van der Waals surface area contributed by atoms with E-state index in [1.807, 2.05) is 65.0 Å². The summed E-state index contributed by atoms with van der Waals surface area (Å²) in [7, 11) is -14.5. The highest BCUT2D eigenvalue weighted by Crippen LogP contribution is 2.49. The lowest BCUT2D eigenvalue weighted by molar-refractivity contribution is 0.117. The molecule has 0 aliphatic heterocycles. The molecule has 0 radical (unpaired) electrons. The van der Waals surface area contributed by atoms with Gasteiger partial charge in [0.1, 0.15) is 23.0 Å². The Labute approximate surface area is 849 Å². The van der Waals surface area contributed by atoms with E-state index in [1.165, 1.54) is 6.92 Å². The number of nitrogens with zero attached hydrogens (tertiary/aromatic N) is 16. The Bertz CT molecular complexity index is 8510. The number of sulfonamides is 4. The normalized spacial score (nSPS) is 12.8. The molecular weight excluding hydrogens is 1970 g/mol. The number of nitrogens with one attached hydrogen (secondary N) is 8. The quantitative estimate of drug-likeness (QED) is 0.0207. The van der Waals surface area contributed by atoms with Crippen molar-refractivity contribution in [2.45, 2.75) is 142 Å². The van der Waals surface area contributed by atoms with E-state index in [-0.39, 0.29) is 35.3 Å². The highest BCUT2D eigenvalue weighted by Gasteiger charge is 2.46. The third kappa shape index (κ3) is 19.9. The average molecular weight is 2070 g/mol. The SMILES string of the molecule is CCCS(=O)(=O)Nc1nc2c(C(O)(c3ccccn3)c3ccccn3)cc(-c3c(C)noc3C)cc2[nH]1.CCS(=O)(=O)Nc1nc2c(C(O)(c3ccccn3)c3ccccn3)cc(-c3c(C)noc3C)cc2[nH]1.Cc1noc(C)c1-c1cc(C(O)(c2ccccn2)c2ccccn2)c2nc(NS(=O)(=O)C(C)C)[nH]c2c1.Cc1noc(C)c1-c1cc(C(O)(c2ccccn2)c2ccccn2)c2nc(NS(=O)(=O)C3CCC3)[nH]c2c1. The van der Waals surface area contributed by atoms with Gasteiger partial charge in [0.25, 0.3) is 0 Å². The zero-order chi connectivity index (χ0) is 105. The largest absolute Gasteiger partial charge is 0.373 e. The minimum Gasteiger partial charge on any atom is -0.373 e. The fourth-order valence-electron chi connectivity index (χ4n) is 18.0. The predicted molar refractivity (Wildman–Crippen MR) is 555 cm³/mol. The number of aromatic amines is 4. The zero-order valence-electron chi connectivity index (χ0n) is 82.0. The molecule has 21 rings (SSSR count). The summed E-state index contributed by atoms with van der Waals surface area (Å²) in [5.41, 5.74) is 8.95. The van der Waals surface area contributed by atoms with Crippen molar-refractivity contribution < 1.29 is 72.2 Å². The van der Waals surface area contributed by atoms with Crippen LogP contribution in [0.3, 0.4) is 0 Å². The summed E-state index contributed by atoms with van der Waals surface area (Å²) in [6, 6.07) is 56.5. The van der Waals surface area contributed by atoms with Gasteiger partial charge >= 0.3 is 0 Å². The molecule has 16 aromatic heterocycles. The Morgan fingerprint density at radius 1 is 0.338 bits per heavy atom. The number of rotatable bonds is 29. The van der Waals surface area contributed by atoms with Crippen molar-refractivity contribution in [3.63, 3.8) is 0 Å². The van der Waals surface area contributed by atoms with Gasteiger partial charge < -0.3 is 58.5 Å². The van der Waals surface area contributed by atoms with E-state index in [2.05, 4.69) is 119 Å². The Morgan fingerprint density at radius 2 is 0.574 bits per heavy atom. The Balaban J connectivity index is 0.000000129. The van der Waals surface area contributed by atoms with E-state index in [0.29, 0.717) is 199 Å².